The van der Waals surface area contributed by atoms with E-state index in [9.17, 15) is 0 Å². The lowest BCUT2D eigenvalue weighted by atomic mass is 10.1. The first-order valence-corrected chi connectivity index (χ1v) is 7.14. The quantitative estimate of drug-likeness (QED) is 0.844. The van der Waals surface area contributed by atoms with Gasteiger partial charge >= 0.3 is 0 Å². The summed E-state index contributed by atoms with van der Waals surface area (Å²) in [5.41, 5.74) is 2.51. The van der Waals surface area contributed by atoms with E-state index in [4.69, 9.17) is 4.42 Å². The van der Waals surface area contributed by atoms with Crippen LogP contribution in [-0.4, -0.2) is 12.6 Å². The highest BCUT2D eigenvalue weighted by Gasteiger charge is 2.08. The molecule has 1 aromatic carbocycles. The predicted octanol–water partition coefficient (Wildman–Crippen LogP) is 4.05. The van der Waals surface area contributed by atoms with Crippen molar-refractivity contribution in [3.63, 3.8) is 0 Å². The molecule has 0 saturated heterocycles. The molecular formula is C17H23NO. The number of likely N-dealkylation sites (N-methyl/N-ethyl adjacent to an activating group) is 1. The molecular weight excluding hydrogens is 234 g/mol. The van der Waals surface area contributed by atoms with Gasteiger partial charge in [0, 0.05) is 18.0 Å². The average molecular weight is 257 g/mol. The normalized spacial score (nSPS) is 12.6. The standard InChI is InChI=1S/C17H23NO/c1-4-14-6-8-15(9-7-14)17-11-10-16(19-17)12-13(3)18-5-2/h6-11,13,18H,4-5,12H2,1-3H3. The Labute approximate surface area is 115 Å². The van der Waals surface area contributed by atoms with Crippen molar-refractivity contribution in [2.75, 3.05) is 6.54 Å². The number of hydrogen-bond acceptors (Lipinski definition) is 2. The Morgan fingerprint density at radius 3 is 2.42 bits per heavy atom. The first kappa shape index (κ1) is 13.9. The molecule has 0 spiro atoms. The number of benzene rings is 1. The van der Waals surface area contributed by atoms with Crippen LogP contribution in [0.1, 0.15) is 32.1 Å². The molecule has 0 radical (unpaired) electrons. The molecule has 2 aromatic rings. The van der Waals surface area contributed by atoms with Gasteiger partial charge in [-0.2, -0.15) is 0 Å². The van der Waals surface area contributed by atoms with Crippen LogP contribution in [0.15, 0.2) is 40.8 Å². The molecule has 0 aliphatic heterocycles. The summed E-state index contributed by atoms with van der Waals surface area (Å²) in [5, 5.41) is 3.40. The smallest absolute Gasteiger partial charge is 0.134 e. The van der Waals surface area contributed by atoms with Crippen molar-refractivity contribution in [3.05, 3.63) is 47.7 Å². The lowest BCUT2D eigenvalue weighted by molar-refractivity contribution is 0.470. The van der Waals surface area contributed by atoms with Gasteiger partial charge in [0.15, 0.2) is 0 Å². The Bertz CT molecular complexity index is 498. The molecule has 2 heteroatoms. The van der Waals surface area contributed by atoms with Crippen LogP contribution in [0.2, 0.25) is 0 Å². The molecule has 0 amide bonds. The number of hydrogen-bond donors (Lipinski definition) is 1. The van der Waals surface area contributed by atoms with Crippen molar-refractivity contribution >= 4 is 0 Å². The maximum Gasteiger partial charge on any atom is 0.134 e. The van der Waals surface area contributed by atoms with Crippen LogP contribution < -0.4 is 5.32 Å². The molecule has 1 unspecified atom stereocenters. The van der Waals surface area contributed by atoms with Gasteiger partial charge < -0.3 is 9.73 Å². The monoisotopic (exact) mass is 257 g/mol. The zero-order chi connectivity index (χ0) is 13.7. The minimum atomic E-state index is 0.450. The van der Waals surface area contributed by atoms with E-state index in [0.29, 0.717) is 6.04 Å². The summed E-state index contributed by atoms with van der Waals surface area (Å²) in [6.45, 7) is 7.47. The molecule has 0 aliphatic carbocycles. The van der Waals surface area contributed by atoms with E-state index in [1.165, 1.54) is 5.56 Å². The van der Waals surface area contributed by atoms with E-state index in [0.717, 1.165) is 36.5 Å². The van der Waals surface area contributed by atoms with Gasteiger partial charge in [-0.25, -0.2) is 0 Å². The van der Waals surface area contributed by atoms with E-state index in [1.54, 1.807) is 0 Å². The van der Waals surface area contributed by atoms with E-state index in [-0.39, 0.29) is 0 Å². The van der Waals surface area contributed by atoms with Gasteiger partial charge in [0.1, 0.15) is 11.5 Å². The van der Waals surface area contributed by atoms with Crippen molar-refractivity contribution in [3.8, 4) is 11.3 Å². The average Bonchev–Trinajstić information content (AvgIpc) is 2.87. The number of rotatable bonds is 6. The Kier molecular flexibility index (Phi) is 4.80. The summed E-state index contributed by atoms with van der Waals surface area (Å²) in [6.07, 6.45) is 2.00. The SMILES string of the molecule is CCNC(C)Cc1ccc(-c2ccc(CC)cc2)o1. The molecule has 2 rings (SSSR count). The van der Waals surface area contributed by atoms with E-state index in [1.807, 2.05) is 0 Å². The lowest BCUT2D eigenvalue weighted by Gasteiger charge is -2.09. The van der Waals surface area contributed by atoms with E-state index in [2.05, 4.69) is 62.5 Å². The second kappa shape index (κ2) is 6.58. The molecule has 0 fully saturated rings. The van der Waals surface area contributed by atoms with Gasteiger partial charge in [0.2, 0.25) is 0 Å². The summed E-state index contributed by atoms with van der Waals surface area (Å²) < 4.78 is 5.92. The topological polar surface area (TPSA) is 25.2 Å². The van der Waals surface area contributed by atoms with E-state index < -0.39 is 0 Å². The second-order valence-electron chi connectivity index (χ2n) is 4.98. The lowest BCUT2D eigenvalue weighted by Crippen LogP contribution is -2.27. The Hall–Kier alpha value is -1.54. The molecule has 1 N–H and O–H groups in total. The van der Waals surface area contributed by atoms with Crippen molar-refractivity contribution in [1.82, 2.24) is 5.32 Å². The summed E-state index contributed by atoms with van der Waals surface area (Å²) in [5.74, 6) is 2.00. The van der Waals surface area contributed by atoms with Gasteiger partial charge in [0.05, 0.1) is 0 Å². The summed E-state index contributed by atoms with van der Waals surface area (Å²) in [7, 11) is 0. The first-order valence-electron chi connectivity index (χ1n) is 7.14. The minimum absolute atomic E-state index is 0.450. The largest absolute Gasteiger partial charge is 0.461 e. The zero-order valence-corrected chi connectivity index (χ0v) is 12.1. The van der Waals surface area contributed by atoms with Crippen LogP contribution in [0.25, 0.3) is 11.3 Å². The second-order valence-corrected chi connectivity index (χ2v) is 4.98. The van der Waals surface area contributed by atoms with Crippen molar-refractivity contribution in [2.45, 2.75) is 39.7 Å². The van der Waals surface area contributed by atoms with Crippen LogP contribution in [0.3, 0.4) is 0 Å². The highest BCUT2D eigenvalue weighted by atomic mass is 16.3. The van der Waals surface area contributed by atoms with Crippen LogP contribution in [0.4, 0.5) is 0 Å². The molecule has 1 atom stereocenters. The molecule has 2 nitrogen and oxygen atoms in total. The third kappa shape index (κ3) is 3.71. The van der Waals surface area contributed by atoms with E-state index >= 15 is 0 Å². The highest BCUT2D eigenvalue weighted by molar-refractivity contribution is 5.57. The summed E-state index contributed by atoms with van der Waals surface area (Å²) in [4.78, 5) is 0. The Morgan fingerprint density at radius 1 is 1.05 bits per heavy atom. The van der Waals surface area contributed by atoms with Gasteiger partial charge in [-0.15, -0.1) is 0 Å². The number of aryl methyl sites for hydroxylation is 1. The van der Waals surface area contributed by atoms with Crippen LogP contribution in [-0.2, 0) is 12.8 Å². The fourth-order valence-corrected chi connectivity index (χ4v) is 2.27. The fourth-order valence-electron chi connectivity index (χ4n) is 2.27. The predicted molar refractivity (Wildman–Crippen MR) is 80.4 cm³/mol. The van der Waals surface area contributed by atoms with Gasteiger partial charge in [-0.05, 0) is 37.6 Å². The molecule has 102 valence electrons. The Balaban J connectivity index is 2.07. The fraction of sp³-hybridized carbons (Fsp3) is 0.412. The van der Waals surface area contributed by atoms with Gasteiger partial charge in [-0.1, -0.05) is 38.1 Å². The number of furan rings is 1. The van der Waals surface area contributed by atoms with Crippen molar-refractivity contribution < 1.29 is 4.42 Å². The van der Waals surface area contributed by atoms with Gasteiger partial charge in [-0.3, -0.25) is 0 Å². The molecule has 0 bridgehead atoms. The van der Waals surface area contributed by atoms with Crippen LogP contribution in [0.5, 0.6) is 0 Å². The molecule has 0 saturated carbocycles. The molecule has 19 heavy (non-hydrogen) atoms. The van der Waals surface area contributed by atoms with Crippen molar-refractivity contribution in [1.29, 1.82) is 0 Å². The van der Waals surface area contributed by atoms with Crippen LogP contribution >= 0.6 is 0 Å². The summed E-state index contributed by atoms with van der Waals surface area (Å²) >= 11 is 0. The Morgan fingerprint density at radius 2 is 1.79 bits per heavy atom. The minimum Gasteiger partial charge on any atom is -0.461 e. The molecule has 0 aliphatic rings. The zero-order valence-electron chi connectivity index (χ0n) is 12.1. The third-order valence-corrected chi connectivity index (χ3v) is 3.37. The number of nitrogens with one attached hydrogen (secondary N) is 1. The van der Waals surface area contributed by atoms with Crippen molar-refractivity contribution in [2.24, 2.45) is 0 Å². The first-order chi connectivity index (χ1) is 9.22. The maximum atomic E-state index is 5.92. The molecule has 1 aromatic heterocycles. The molecule has 1 heterocycles. The third-order valence-electron chi connectivity index (χ3n) is 3.37. The maximum absolute atomic E-state index is 5.92. The summed E-state index contributed by atoms with van der Waals surface area (Å²) in [6, 6.07) is 13.2. The van der Waals surface area contributed by atoms with Crippen LogP contribution in [0, 0.1) is 0 Å². The highest BCUT2D eigenvalue weighted by Crippen LogP contribution is 2.23. The van der Waals surface area contributed by atoms with Gasteiger partial charge in [0.25, 0.3) is 0 Å².